The van der Waals surface area contributed by atoms with Crippen molar-refractivity contribution in [3.8, 4) is 0 Å². The summed E-state index contributed by atoms with van der Waals surface area (Å²) in [7, 11) is 1.37. The summed E-state index contributed by atoms with van der Waals surface area (Å²) in [5.74, 6) is 2.72. The highest BCUT2D eigenvalue weighted by atomic mass is 35.5. The second-order valence-corrected chi connectivity index (χ2v) is 3.28. The average Bonchev–Trinajstić information content (AvgIpc) is 2.21. The van der Waals surface area contributed by atoms with Crippen molar-refractivity contribution in [2.45, 2.75) is 13.2 Å². The molecule has 0 heterocycles. The molecule has 0 fully saturated rings. The molecule has 84 valence electrons. The lowest BCUT2D eigenvalue weighted by molar-refractivity contribution is 0.120. The summed E-state index contributed by atoms with van der Waals surface area (Å²) >= 11 is 5.74. The van der Waals surface area contributed by atoms with Crippen molar-refractivity contribution in [3.05, 3.63) is 33.9 Å². The standard InChI is InChI=1S/C9H10ClF2NO2/c1-14-4-6-7(10)2-5(3-15-13)8(11)9(6)12/h2H,3-4,13H2,1H3. The number of halogens is 3. The maximum Gasteiger partial charge on any atom is 0.166 e. The Morgan fingerprint density at radius 1 is 1.33 bits per heavy atom. The van der Waals surface area contributed by atoms with Crippen molar-refractivity contribution in [1.82, 2.24) is 0 Å². The van der Waals surface area contributed by atoms with Gasteiger partial charge >= 0.3 is 0 Å². The lowest BCUT2D eigenvalue weighted by atomic mass is 10.1. The first-order chi connectivity index (χ1) is 7.11. The summed E-state index contributed by atoms with van der Waals surface area (Å²) in [5.41, 5.74) is -0.0442. The lowest BCUT2D eigenvalue weighted by Gasteiger charge is -2.09. The molecule has 0 radical (unpaired) electrons. The van der Waals surface area contributed by atoms with Gasteiger partial charge in [0.15, 0.2) is 11.6 Å². The van der Waals surface area contributed by atoms with Crippen LogP contribution >= 0.6 is 11.6 Å². The quantitative estimate of drug-likeness (QED) is 0.645. The summed E-state index contributed by atoms with van der Waals surface area (Å²) in [6, 6.07) is 1.27. The van der Waals surface area contributed by atoms with E-state index >= 15 is 0 Å². The van der Waals surface area contributed by atoms with Gasteiger partial charge in [-0.15, -0.1) is 0 Å². The van der Waals surface area contributed by atoms with Crippen LogP contribution in [0.15, 0.2) is 6.07 Å². The first-order valence-electron chi connectivity index (χ1n) is 4.07. The van der Waals surface area contributed by atoms with Crippen molar-refractivity contribution in [2.24, 2.45) is 5.90 Å². The zero-order valence-corrected chi connectivity index (χ0v) is 8.78. The van der Waals surface area contributed by atoms with Crippen molar-refractivity contribution >= 4 is 11.6 Å². The van der Waals surface area contributed by atoms with Crippen molar-refractivity contribution in [2.75, 3.05) is 7.11 Å². The van der Waals surface area contributed by atoms with Gasteiger partial charge in [-0.25, -0.2) is 14.7 Å². The molecule has 0 saturated heterocycles. The topological polar surface area (TPSA) is 44.5 Å². The van der Waals surface area contributed by atoms with E-state index in [1.165, 1.54) is 13.2 Å². The number of hydrogen-bond donors (Lipinski definition) is 1. The van der Waals surface area contributed by atoms with E-state index in [2.05, 4.69) is 4.84 Å². The van der Waals surface area contributed by atoms with Crippen LogP contribution in [0.3, 0.4) is 0 Å². The van der Waals surface area contributed by atoms with E-state index in [-0.39, 0.29) is 29.4 Å². The van der Waals surface area contributed by atoms with Gasteiger partial charge in [-0.1, -0.05) is 11.6 Å². The molecule has 0 aromatic heterocycles. The molecule has 6 heteroatoms. The van der Waals surface area contributed by atoms with E-state index in [1.807, 2.05) is 0 Å². The molecule has 0 aliphatic carbocycles. The van der Waals surface area contributed by atoms with E-state index < -0.39 is 11.6 Å². The Morgan fingerprint density at radius 2 is 2.00 bits per heavy atom. The van der Waals surface area contributed by atoms with Crippen molar-refractivity contribution in [3.63, 3.8) is 0 Å². The van der Waals surface area contributed by atoms with Crippen LogP contribution in [0.25, 0.3) is 0 Å². The second kappa shape index (κ2) is 5.37. The van der Waals surface area contributed by atoms with Gasteiger partial charge in [0.25, 0.3) is 0 Å². The number of benzene rings is 1. The summed E-state index contributed by atoms with van der Waals surface area (Å²) in [6.45, 7) is -0.332. The minimum absolute atomic E-state index is 0.0163. The largest absolute Gasteiger partial charge is 0.380 e. The Balaban J connectivity index is 3.18. The number of methoxy groups -OCH3 is 1. The average molecular weight is 238 g/mol. The van der Waals surface area contributed by atoms with Crippen molar-refractivity contribution < 1.29 is 18.4 Å². The zero-order chi connectivity index (χ0) is 11.4. The fourth-order valence-electron chi connectivity index (χ4n) is 1.15. The van der Waals surface area contributed by atoms with Crippen LogP contribution in [0.1, 0.15) is 11.1 Å². The molecule has 0 atom stereocenters. The molecule has 2 N–H and O–H groups in total. The molecule has 1 rings (SSSR count). The smallest absolute Gasteiger partial charge is 0.166 e. The Morgan fingerprint density at radius 3 is 2.53 bits per heavy atom. The number of nitrogens with two attached hydrogens (primary N) is 1. The van der Waals surface area contributed by atoms with Gasteiger partial charge in [0, 0.05) is 23.3 Å². The van der Waals surface area contributed by atoms with Crippen LogP contribution in [0.5, 0.6) is 0 Å². The van der Waals surface area contributed by atoms with Gasteiger partial charge in [-0.3, -0.25) is 4.84 Å². The first-order valence-corrected chi connectivity index (χ1v) is 4.45. The predicted octanol–water partition coefficient (Wildman–Crippen LogP) is 2.15. The Hall–Kier alpha value is -0.750. The maximum atomic E-state index is 13.4. The van der Waals surface area contributed by atoms with Gasteiger partial charge in [-0.05, 0) is 6.07 Å². The minimum Gasteiger partial charge on any atom is -0.380 e. The molecular formula is C9H10ClF2NO2. The van der Waals surface area contributed by atoms with Crippen molar-refractivity contribution in [1.29, 1.82) is 0 Å². The monoisotopic (exact) mass is 237 g/mol. The Bertz CT molecular complexity index is 360. The lowest BCUT2D eigenvalue weighted by Crippen LogP contribution is -2.06. The molecule has 15 heavy (non-hydrogen) atoms. The minimum atomic E-state index is -1.03. The van der Waals surface area contributed by atoms with Gasteiger partial charge in [0.05, 0.1) is 13.2 Å². The van der Waals surface area contributed by atoms with E-state index in [0.717, 1.165) is 0 Å². The zero-order valence-electron chi connectivity index (χ0n) is 8.02. The SMILES string of the molecule is COCc1c(Cl)cc(CON)c(F)c1F. The Labute approximate surface area is 90.7 Å². The summed E-state index contributed by atoms with van der Waals surface area (Å²) < 4.78 is 31.4. The molecule has 3 nitrogen and oxygen atoms in total. The van der Waals surface area contributed by atoms with E-state index in [1.54, 1.807) is 0 Å². The fraction of sp³-hybridized carbons (Fsp3) is 0.333. The highest BCUT2D eigenvalue weighted by Gasteiger charge is 2.17. The first kappa shape index (κ1) is 12.3. The third-order valence-corrected chi connectivity index (χ3v) is 2.19. The van der Waals surface area contributed by atoms with E-state index in [0.29, 0.717) is 0 Å². The predicted molar refractivity (Wildman–Crippen MR) is 51.1 cm³/mol. The second-order valence-electron chi connectivity index (χ2n) is 2.87. The van der Waals surface area contributed by atoms with E-state index in [4.69, 9.17) is 22.2 Å². The summed E-state index contributed by atoms with van der Waals surface area (Å²) in [4.78, 5) is 4.22. The fourth-order valence-corrected chi connectivity index (χ4v) is 1.42. The third-order valence-electron chi connectivity index (χ3n) is 1.86. The molecule has 1 aromatic rings. The Kier molecular flexibility index (Phi) is 4.41. The van der Waals surface area contributed by atoms with Crippen LogP contribution in [-0.2, 0) is 22.8 Å². The normalized spacial score (nSPS) is 10.7. The van der Waals surface area contributed by atoms with Gasteiger partial charge < -0.3 is 4.74 Å². The summed E-state index contributed by atoms with van der Waals surface area (Å²) in [6.07, 6.45) is 0. The molecule has 0 spiro atoms. The molecule has 0 amide bonds. The highest BCUT2D eigenvalue weighted by molar-refractivity contribution is 6.31. The molecule has 0 aliphatic rings. The highest BCUT2D eigenvalue weighted by Crippen LogP contribution is 2.25. The maximum absolute atomic E-state index is 13.4. The van der Waals surface area contributed by atoms with Crippen LogP contribution in [0.4, 0.5) is 8.78 Å². The molecule has 0 aliphatic heterocycles. The molecule has 0 bridgehead atoms. The van der Waals surface area contributed by atoms with Crippen LogP contribution in [0.2, 0.25) is 5.02 Å². The van der Waals surface area contributed by atoms with Gasteiger partial charge in [0.2, 0.25) is 0 Å². The van der Waals surface area contributed by atoms with Crippen LogP contribution in [0, 0.1) is 11.6 Å². The molecule has 0 unspecified atom stereocenters. The number of rotatable bonds is 4. The molecule has 1 aromatic carbocycles. The molecule has 0 saturated carbocycles. The third kappa shape index (κ3) is 2.63. The van der Waals surface area contributed by atoms with Crippen LogP contribution in [-0.4, -0.2) is 7.11 Å². The van der Waals surface area contributed by atoms with Crippen LogP contribution < -0.4 is 5.90 Å². The van der Waals surface area contributed by atoms with E-state index in [9.17, 15) is 8.78 Å². The van der Waals surface area contributed by atoms with Gasteiger partial charge in [0.1, 0.15) is 0 Å². The number of ether oxygens (including phenoxy) is 1. The number of hydrogen-bond acceptors (Lipinski definition) is 3. The summed E-state index contributed by atoms with van der Waals surface area (Å²) in [5, 5.41) is 0.0859. The van der Waals surface area contributed by atoms with Gasteiger partial charge in [-0.2, -0.15) is 0 Å². The molecular weight excluding hydrogens is 228 g/mol.